The smallest absolute Gasteiger partial charge is 0.269 e. The van der Waals surface area contributed by atoms with E-state index >= 15 is 0 Å². The maximum Gasteiger partial charge on any atom is 0.269 e. The average Bonchev–Trinajstić information content (AvgIpc) is 3.09. The highest BCUT2D eigenvalue weighted by Crippen LogP contribution is 2.36. The van der Waals surface area contributed by atoms with Crippen LogP contribution in [-0.4, -0.2) is 33.7 Å². The lowest BCUT2D eigenvalue weighted by Crippen LogP contribution is -2.29. The van der Waals surface area contributed by atoms with E-state index in [0.717, 1.165) is 56.3 Å². The second kappa shape index (κ2) is 8.04. The molecule has 2 aromatic carbocycles. The molecule has 3 aromatic rings. The lowest BCUT2D eigenvalue weighted by Gasteiger charge is -2.26. The molecule has 2 N–H and O–H groups in total. The number of halogens is 2. The second-order valence-electron chi connectivity index (χ2n) is 8.75. The quantitative estimate of drug-likeness (QED) is 0.640. The number of amides is 1. The molecule has 2 fully saturated rings. The van der Waals surface area contributed by atoms with Crippen LogP contribution >= 0.6 is 0 Å². The normalized spacial score (nSPS) is 17.7. The number of likely N-dealkylation sites (tertiary alicyclic amines) is 1. The fourth-order valence-electron chi connectivity index (χ4n) is 4.72. The van der Waals surface area contributed by atoms with Crippen molar-refractivity contribution in [3.63, 3.8) is 0 Å². The van der Waals surface area contributed by atoms with Crippen molar-refractivity contribution in [2.45, 2.75) is 51.1 Å². The second-order valence-corrected chi connectivity index (χ2v) is 8.75. The number of piperidine rings is 1. The number of primary amides is 1. The maximum atomic E-state index is 14.8. The summed E-state index contributed by atoms with van der Waals surface area (Å²) in [7, 11) is 0. The van der Waals surface area contributed by atoms with Crippen molar-refractivity contribution in [2.24, 2.45) is 5.73 Å². The van der Waals surface area contributed by atoms with E-state index in [2.05, 4.69) is 10.00 Å². The Labute approximate surface area is 179 Å². The third-order valence-electron chi connectivity index (χ3n) is 6.61. The van der Waals surface area contributed by atoms with Crippen LogP contribution in [0.3, 0.4) is 0 Å². The largest absolute Gasteiger partial charge is 0.364 e. The Hall–Kier alpha value is -2.80. The van der Waals surface area contributed by atoms with E-state index in [1.807, 2.05) is 10.7 Å². The van der Waals surface area contributed by atoms with Crippen LogP contribution in [0.2, 0.25) is 0 Å². The molecule has 0 spiro atoms. The monoisotopic (exact) mass is 424 g/mol. The molecule has 5 nitrogen and oxygen atoms in total. The molecule has 0 unspecified atom stereocenters. The van der Waals surface area contributed by atoms with Gasteiger partial charge in [0.05, 0.1) is 11.6 Å². The fourth-order valence-corrected chi connectivity index (χ4v) is 4.72. The molecule has 7 heteroatoms. The molecule has 1 saturated carbocycles. The molecule has 2 heterocycles. The molecule has 0 atom stereocenters. The minimum atomic E-state index is -0.881. The predicted molar refractivity (Wildman–Crippen MR) is 116 cm³/mol. The van der Waals surface area contributed by atoms with E-state index in [1.54, 1.807) is 18.2 Å². The Balaban J connectivity index is 1.56. The molecule has 0 bridgehead atoms. The summed E-state index contributed by atoms with van der Waals surface area (Å²) in [6, 6.07) is 8.57. The van der Waals surface area contributed by atoms with Gasteiger partial charge in [-0.05, 0) is 80.6 Å². The molecule has 1 amide bonds. The van der Waals surface area contributed by atoms with Gasteiger partial charge in [-0.2, -0.15) is 5.10 Å². The van der Waals surface area contributed by atoms with Crippen LogP contribution in [0.15, 0.2) is 30.3 Å². The topological polar surface area (TPSA) is 64.2 Å². The third-order valence-corrected chi connectivity index (χ3v) is 6.61. The van der Waals surface area contributed by atoms with E-state index in [1.165, 1.54) is 12.5 Å². The minimum Gasteiger partial charge on any atom is -0.364 e. The first-order chi connectivity index (χ1) is 15.0. The number of hydrogen-bond acceptors (Lipinski definition) is 3. The Morgan fingerprint density at radius 2 is 1.84 bits per heavy atom. The molecule has 1 saturated heterocycles. The van der Waals surface area contributed by atoms with Crippen molar-refractivity contribution < 1.29 is 13.6 Å². The number of carbonyl (C=O) groups excluding carboxylic acids is 1. The van der Waals surface area contributed by atoms with Crippen molar-refractivity contribution in [3.05, 3.63) is 53.2 Å². The first-order valence-corrected chi connectivity index (χ1v) is 11.0. The summed E-state index contributed by atoms with van der Waals surface area (Å²) in [5.41, 5.74) is 8.00. The molecule has 1 aliphatic carbocycles. The zero-order valence-corrected chi connectivity index (χ0v) is 17.4. The van der Waals surface area contributed by atoms with Gasteiger partial charge in [-0.25, -0.2) is 8.78 Å². The number of aromatic nitrogens is 2. The van der Waals surface area contributed by atoms with Gasteiger partial charge in [-0.1, -0.05) is 12.5 Å². The van der Waals surface area contributed by atoms with Gasteiger partial charge in [0, 0.05) is 17.5 Å². The number of carbonyl (C=O) groups is 1. The lowest BCUT2D eigenvalue weighted by atomic mass is 9.93. The zero-order valence-electron chi connectivity index (χ0n) is 17.4. The van der Waals surface area contributed by atoms with Crippen molar-refractivity contribution in [2.75, 3.05) is 13.1 Å². The van der Waals surface area contributed by atoms with Crippen LogP contribution in [0.1, 0.15) is 60.6 Å². The molecule has 31 heavy (non-hydrogen) atoms. The van der Waals surface area contributed by atoms with E-state index in [-0.39, 0.29) is 17.3 Å². The number of hydrogen-bond donors (Lipinski definition) is 1. The van der Waals surface area contributed by atoms with Crippen molar-refractivity contribution in [1.82, 2.24) is 14.7 Å². The maximum absolute atomic E-state index is 14.8. The number of nitrogens with zero attached hydrogens (tertiary/aromatic N) is 3. The van der Waals surface area contributed by atoms with Crippen molar-refractivity contribution >= 4 is 16.8 Å². The predicted octanol–water partition coefficient (Wildman–Crippen LogP) is 4.79. The minimum absolute atomic E-state index is 0.175. The highest BCUT2D eigenvalue weighted by molar-refractivity contribution is 6.05. The Kier molecular flexibility index (Phi) is 5.22. The van der Waals surface area contributed by atoms with E-state index in [9.17, 15) is 13.6 Å². The van der Waals surface area contributed by atoms with Gasteiger partial charge in [0.15, 0.2) is 17.3 Å². The molecule has 1 aromatic heterocycles. The highest BCUT2D eigenvalue weighted by Gasteiger charge is 2.26. The summed E-state index contributed by atoms with van der Waals surface area (Å²) in [4.78, 5) is 14.3. The van der Waals surface area contributed by atoms with E-state index in [0.29, 0.717) is 17.5 Å². The van der Waals surface area contributed by atoms with Crippen LogP contribution in [0.25, 0.3) is 22.0 Å². The Bertz CT molecular complexity index is 1150. The summed E-state index contributed by atoms with van der Waals surface area (Å²) in [5.74, 6) is -2.36. The fraction of sp³-hybridized carbons (Fsp3) is 0.417. The third kappa shape index (κ3) is 3.71. The molecule has 0 radical (unpaired) electrons. The molecular weight excluding hydrogens is 398 g/mol. The van der Waals surface area contributed by atoms with Crippen molar-refractivity contribution in [3.8, 4) is 11.1 Å². The lowest BCUT2D eigenvalue weighted by molar-refractivity contribution is 0.0995. The summed E-state index contributed by atoms with van der Waals surface area (Å²) >= 11 is 0. The SMILES string of the molecule is NC(=O)c1nn(C2CCC2)c2ccc(-c3cc(CN4CCCCC4)cc(F)c3F)cc12. The standard InChI is InChI=1S/C24H26F2N4O/c25-20-12-15(14-29-9-2-1-3-10-29)11-18(22(20)26)16-7-8-21-19(13-16)23(24(27)31)28-30(21)17-5-4-6-17/h7-8,11-13,17H,1-6,9-10,14H2,(H2,27,31). The van der Waals surface area contributed by atoms with E-state index in [4.69, 9.17) is 5.73 Å². The van der Waals surface area contributed by atoms with E-state index < -0.39 is 17.5 Å². The highest BCUT2D eigenvalue weighted by atomic mass is 19.2. The molecule has 1 aliphatic heterocycles. The van der Waals surface area contributed by atoms with Gasteiger partial charge < -0.3 is 5.73 Å². The number of rotatable bonds is 5. The number of benzene rings is 2. The van der Waals surface area contributed by atoms with Crippen LogP contribution < -0.4 is 5.73 Å². The van der Waals surface area contributed by atoms with Gasteiger partial charge in [0.2, 0.25) is 0 Å². The first-order valence-electron chi connectivity index (χ1n) is 11.0. The molecule has 2 aliphatic rings. The van der Waals surface area contributed by atoms with Gasteiger partial charge in [-0.15, -0.1) is 0 Å². The number of nitrogens with two attached hydrogens (primary N) is 1. The van der Waals surface area contributed by atoms with Crippen LogP contribution in [-0.2, 0) is 6.54 Å². The summed E-state index contributed by atoms with van der Waals surface area (Å²) in [6.45, 7) is 2.55. The van der Waals surface area contributed by atoms with Crippen LogP contribution in [0.5, 0.6) is 0 Å². The molecular formula is C24H26F2N4O. The molecule has 5 rings (SSSR count). The average molecular weight is 424 g/mol. The summed E-state index contributed by atoms with van der Waals surface area (Å²) in [6.07, 6.45) is 6.63. The van der Waals surface area contributed by atoms with Gasteiger partial charge >= 0.3 is 0 Å². The zero-order chi connectivity index (χ0) is 21.5. The first kappa shape index (κ1) is 20.1. The van der Waals surface area contributed by atoms with Crippen molar-refractivity contribution in [1.29, 1.82) is 0 Å². The van der Waals surface area contributed by atoms with Crippen LogP contribution in [0, 0.1) is 11.6 Å². The summed E-state index contributed by atoms with van der Waals surface area (Å²) in [5, 5.41) is 5.03. The Morgan fingerprint density at radius 3 is 2.52 bits per heavy atom. The summed E-state index contributed by atoms with van der Waals surface area (Å²) < 4.78 is 31.1. The Morgan fingerprint density at radius 1 is 1.06 bits per heavy atom. The van der Waals surface area contributed by atoms with Gasteiger partial charge in [0.25, 0.3) is 5.91 Å². The van der Waals surface area contributed by atoms with Gasteiger partial charge in [0.1, 0.15) is 0 Å². The van der Waals surface area contributed by atoms with Crippen LogP contribution in [0.4, 0.5) is 8.78 Å². The number of fused-ring (bicyclic) bond motifs is 1. The molecule has 162 valence electrons. The van der Waals surface area contributed by atoms with Gasteiger partial charge in [-0.3, -0.25) is 14.4 Å².